The summed E-state index contributed by atoms with van der Waals surface area (Å²) in [4.78, 5) is 2.45. The highest BCUT2D eigenvalue weighted by Gasteiger charge is 2.41. The second-order valence-corrected chi connectivity index (χ2v) is 5.07. The number of nitrogens with zero attached hydrogens (tertiary/aromatic N) is 1. The van der Waals surface area contributed by atoms with Crippen molar-refractivity contribution in [3.63, 3.8) is 0 Å². The number of rotatable bonds is 6. The van der Waals surface area contributed by atoms with Gasteiger partial charge in [0, 0.05) is 25.7 Å². The standard InChI is InChI=1S/C13H28N2O/c1-4-12-7-5-6-8-13(12,11-14)15(2)9-10-16-3/h12H,4-11,14H2,1-3H3. The van der Waals surface area contributed by atoms with Crippen LogP contribution in [0, 0.1) is 5.92 Å². The molecule has 1 saturated carbocycles. The van der Waals surface area contributed by atoms with E-state index in [1.54, 1.807) is 7.11 Å². The number of hydrogen-bond acceptors (Lipinski definition) is 3. The molecule has 1 aliphatic carbocycles. The van der Waals surface area contributed by atoms with E-state index in [0.717, 1.165) is 25.6 Å². The molecule has 1 rings (SSSR count). The third kappa shape index (κ3) is 2.76. The van der Waals surface area contributed by atoms with Crippen LogP contribution in [0.25, 0.3) is 0 Å². The Morgan fingerprint density at radius 2 is 2.19 bits per heavy atom. The Balaban J connectivity index is 2.71. The molecule has 96 valence electrons. The first kappa shape index (κ1) is 13.9. The summed E-state index contributed by atoms with van der Waals surface area (Å²) in [5, 5.41) is 0. The molecule has 0 amide bonds. The molecule has 0 aromatic carbocycles. The zero-order valence-corrected chi connectivity index (χ0v) is 11.2. The first-order chi connectivity index (χ1) is 7.71. The smallest absolute Gasteiger partial charge is 0.0589 e. The molecule has 0 spiro atoms. The van der Waals surface area contributed by atoms with E-state index in [-0.39, 0.29) is 5.54 Å². The summed E-state index contributed by atoms with van der Waals surface area (Å²) in [7, 11) is 3.97. The third-order valence-corrected chi connectivity index (χ3v) is 4.41. The number of hydrogen-bond donors (Lipinski definition) is 1. The van der Waals surface area contributed by atoms with Gasteiger partial charge in [0.2, 0.25) is 0 Å². The van der Waals surface area contributed by atoms with Crippen molar-refractivity contribution < 1.29 is 4.74 Å². The molecular weight excluding hydrogens is 200 g/mol. The summed E-state index contributed by atoms with van der Waals surface area (Å²) >= 11 is 0. The molecule has 2 unspecified atom stereocenters. The first-order valence-electron chi connectivity index (χ1n) is 6.61. The Bertz CT molecular complexity index is 198. The van der Waals surface area contributed by atoms with Crippen LogP contribution in [0.3, 0.4) is 0 Å². The molecule has 0 aliphatic heterocycles. The van der Waals surface area contributed by atoms with Crippen molar-refractivity contribution in [1.82, 2.24) is 4.90 Å². The topological polar surface area (TPSA) is 38.5 Å². The maximum absolute atomic E-state index is 6.09. The summed E-state index contributed by atoms with van der Waals surface area (Å²) in [6.45, 7) is 4.87. The first-order valence-corrected chi connectivity index (χ1v) is 6.61. The van der Waals surface area contributed by atoms with Crippen molar-refractivity contribution >= 4 is 0 Å². The lowest BCUT2D eigenvalue weighted by Crippen LogP contribution is -2.59. The molecule has 3 nitrogen and oxygen atoms in total. The molecular formula is C13H28N2O. The zero-order chi connectivity index (χ0) is 12.0. The second kappa shape index (κ2) is 6.58. The fraction of sp³-hybridized carbons (Fsp3) is 1.00. The van der Waals surface area contributed by atoms with Crippen molar-refractivity contribution in [2.45, 2.75) is 44.6 Å². The maximum Gasteiger partial charge on any atom is 0.0589 e. The lowest BCUT2D eigenvalue weighted by Gasteiger charge is -2.49. The molecule has 0 bridgehead atoms. The highest BCUT2D eigenvalue weighted by atomic mass is 16.5. The van der Waals surface area contributed by atoms with Crippen molar-refractivity contribution in [2.75, 3.05) is 33.9 Å². The average molecular weight is 228 g/mol. The van der Waals surface area contributed by atoms with Crippen LogP contribution in [-0.4, -0.2) is 44.3 Å². The normalized spacial score (nSPS) is 30.9. The average Bonchev–Trinajstić information content (AvgIpc) is 2.35. The third-order valence-electron chi connectivity index (χ3n) is 4.41. The minimum Gasteiger partial charge on any atom is -0.383 e. The van der Waals surface area contributed by atoms with Crippen LogP contribution in [-0.2, 0) is 4.74 Å². The van der Waals surface area contributed by atoms with Crippen LogP contribution in [0.15, 0.2) is 0 Å². The Morgan fingerprint density at radius 3 is 2.75 bits per heavy atom. The van der Waals surface area contributed by atoms with Gasteiger partial charge >= 0.3 is 0 Å². The number of nitrogens with two attached hydrogens (primary N) is 1. The largest absolute Gasteiger partial charge is 0.383 e. The van der Waals surface area contributed by atoms with Crippen molar-refractivity contribution in [3.8, 4) is 0 Å². The number of methoxy groups -OCH3 is 1. The maximum atomic E-state index is 6.09. The van der Waals surface area contributed by atoms with Crippen LogP contribution in [0.1, 0.15) is 39.0 Å². The minimum absolute atomic E-state index is 0.228. The predicted octanol–water partition coefficient (Wildman–Crippen LogP) is 1.86. The van der Waals surface area contributed by atoms with Crippen LogP contribution in [0.2, 0.25) is 0 Å². The predicted molar refractivity (Wildman–Crippen MR) is 68.5 cm³/mol. The lowest BCUT2D eigenvalue weighted by atomic mass is 9.70. The molecule has 0 radical (unpaired) electrons. The molecule has 1 aliphatic rings. The van der Waals surface area contributed by atoms with Gasteiger partial charge in [0.1, 0.15) is 0 Å². The van der Waals surface area contributed by atoms with Gasteiger partial charge in [-0.25, -0.2) is 0 Å². The Labute approximate surface area is 100 Å². The SMILES string of the molecule is CCC1CCCCC1(CN)N(C)CCOC. The molecule has 0 aromatic rings. The number of likely N-dealkylation sites (N-methyl/N-ethyl adjacent to an activating group) is 1. The van der Waals surface area contributed by atoms with Gasteiger partial charge in [-0.05, 0) is 25.8 Å². The van der Waals surface area contributed by atoms with Gasteiger partial charge in [-0.2, -0.15) is 0 Å². The van der Waals surface area contributed by atoms with Crippen molar-refractivity contribution in [3.05, 3.63) is 0 Å². The van der Waals surface area contributed by atoms with Gasteiger partial charge in [-0.1, -0.05) is 26.2 Å². The monoisotopic (exact) mass is 228 g/mol. The fourth-order valence-corrected chi connectivity index (χ4v) is 3.26. The lowest BCUT2D eigenvalue weighted by molar-refractivity contribution is 0.00838. The highest BCUT2D eigenvalue weighted by molar-refractivity contribution is 4.98. The molecule has 1 fully saturated rings. The highest BCUT2D eigenvalue weighted by Crippen LogP contribution is 2.39. The number of ether oxygens (including phenoxy) is 1. The summed E-state index contributed by atoms with van der Waals surface area (Å²) in [6.07, 6.45) is 6.53. The van der Waals surface area contributed by atoms with Crippen LogP contribution in [0.4, 0.5) is 0 Å². The zero-order valence-electron chi connectivity index (χ0n) is 11.2. The molecule has 0 heterocycles. The van der Waals surface area contributed by atoms with E-state index in [2.05, 4.69) is 18.9 Å². The molecule has 0 aromatic heterocycles. The van der Waals surface area contributed by atoms with E-state index in [1.165, 1.54) is 32.1 Å². The summed E-state index contributed by atoms with van der Waals surface area (Å²) in [5.74, 6) is 0.758. The Hall–Kier alpha value is -0.120. The van der Waals surface area contributed by atoms with Gasteiger partial charge in [0.15, 0.2) is 0 Å². The summed E-state index contributed by atoms with van der Waals surface area (Å²) in [6, 6.07) is 0. The van der Waals surface area contributed by atoms with E-state index in [0.29, 0.717) is 0 Å². The van der Waals surface area contributed by atoms with Gasteiger partial charge in [0.05, 0.1) is 6.61 Å². The molecule has 2 atom stereocenters. The molecule has 2 N–H and O–H groups in total. The van der Waals surface area contributed by atoms with Crippen LogP contribution in [0.5, 0.6) is 0 Å². The van der Waals surface area contributed by atoms with Crippen molar-refractivity contribution in [1.29, 1.82) is 0 Å². The van der Waals surface area contributed by atoms with E-state index >= 15 is 0 Å². The van der Waals surface area contributed by atoms with Crippen LogP contribution < -0.4 is 5.73 Å². The molecule has 16 heavy (non-hydrogen) atoms. The molecule has 3 heteroatoms. The summed E-state index contributed by atoms with van der Waals surface area (Å²) < 4.78 is 5.18. The quantitative estimate of drug-likeness (QED) is 0.754. The summed E-state index contributed by atoms with van der Waals surface area (Å²) in [5.41, 5.74) is 6.32. The van der Waals surface area contributed by atoms with Crippen molar-refractivity contribution in [2.24, 2.45) is 11.7 Å². The minimum atomic E-state index is 0.228. The molecule has 0 saturated heterocycles. The van der Waals surface area contributed by atoms with Gasteiger partial charge in [-0.15, -0.1) is 0 Å². The fourth-order valence-electron chi connectivity index (χ4n) is 3.26. The van der Waals surface area contributed by atoms with E-state index in [1.807, 2.05) is 0 Å². The van der Waals surface area contributed by atoms with E-state index < -0.39 is 0 Å². The second-order valence-electron chi connectivity index (χ2n) is 5.07. The van der Waals surface area contributed by atoms with Gasteiger partial charge < -0.3 is 10.5 Å². The van der Waals surface area contributed by atoms with Crippen LogP contribution >= 0.6 is 0 Å². The Kier molecular flexibility index (Phi) is 5.73. The van der Waals surface area contributed by atoms with E-state index in [9.17, 15) is 0 Å². The van der Waals surface area contributed by atoms with Gasteiger partial charge in [0.25, 0.3) is 0 Å². The Morgan fingerprint density at radius 1 is 1.44 bits per heavy atom. The van der Waals surface area contributed by atoms with Gasteiger partial charge in [-0.3, -0.25) is 4.90 Å². The van der Waals surface area contributed by atoms with E-state index in [4.69, 9.17) is 10.5 Å².